The number of rotatable bonds is 7. The lowest BCUT2D eigenvalue weighted by Gasteiger charge is -2.34. The number of likely N-dealkylation sites (N-methyl/N-ethyl adjacent to an activating group) is 1. The number of fused-ring (bicyclic) bond motifs is 2. The zero-order chi connectivity index (χ0) is 28.3. The van der Waals surface area contributed by atoms with Crippen molar-refractivity contribution in [3.8, 4) is 17.2 Å². The van der Waals surface area contributed by atoms with Crippen molar-refractivity contribution >= 4 is 33.3 Å². The Morgan fingerprint density at radius 2 is 1.85 bits per heavy atom. The molecule has 2 heterocycles. The van der Waals surface area contributed by atoms with Gasteiger partial charge in [-0.2, -0.15) is 0 Å². The first-order chi connectivity index (χ1) is 18.4. The first-order valence-electron chi connectivity index (χ1n) is 12.5. The molecule has 3 amide bonds. The predicted octanol–water partition coefficient (Wildman–Crippen LogP) is 2.10. The minimum absolute atomic E-state index is 0.0428. The van der Waals surface area contributed by atoms with Crippen LogP contribution in [-0.4, -0.2) is 87.2 Å². The molecular weight excluding hydrogens is 528 g/mol. The van der Waals surface area contributed by atoms with E-state index in [1.807, 2.05) is 6.92 Å². The van der Waals surface area contributed by atoms with Crippen LogP contribution in [0.5, 0.6) is 17.2 Å². The van der Waals surface area contributed by atoms with E-state index in [-0.39, 0.29) is 44.2 Å². The maximum atomic E-state index is 13.3. The van der Waals surface area contributed by atoms with E-state index < -0.39 is 22.2 Å². The molecule has 3 N–H and O–H groups in total. The van der Waals surface area contributed by atoms with Crippen LogP contribution >= 0.6 is 0 Å². The highest BCUT2D eigenvalue weighted by atomic mass is 32.2. The number of aliphatic hydroxyl groups excluding tert-OH is 1. The van der Waals surface area contributed by atoms with Crippen molar-refractivity contribution in [1.82, 2.24) is 9.80 Å². The second-order valence-corrected chi connectivity index (χ2v) is 11.7. The summed E-state index contributed by atoms with van der Waals surface area (Å²) < 4.78 is 43.0. The second-order valence-electron chi connectivity index (χ2n) is 9.96. The number of anilines is 2. The fourth-order valence-corrected chi connectivity index (χ4v) is 5.03. The fraction of sp³-hybridized carbons (Fsp3) is 0.462. The summed E-state index contributed by atoms with van der Waals surface area (Å²) in [6, 6.07) is 9.07. The lowest BCUT2D eigenvalue weighted by atomic mass is 10.0. The summed E-state index contributed by atoms with van der Waals surface area (Å²) in [6.07, 6.45) is 0.478. The fourth-order valence-electron chi connectivity index (χ4n) is 4.47. The molecule has 0 unspecified atom stereocenters. The van der Waals surface area contributed by atoms with Crippen molar-refractivity contribution in [2.45, 2.75) is 32.4 Å². The SMILES string of the molecule is C[C@@H]1CN([C@H](C)CO)C(=O)Cc2cc(NS(C)(=O)=O)ccc2O[C@H]1CN(C)C(=O)Nc1ccc2c(c1)OCO2. The number of nitrogens with zero attached hydrogens (tertiary/aromatic N) is 2. The predicted molar refractivity (Wildman–Crippen MR) is 145 cm³/mol. The van der Waals surface area contributed by atoms with Gasteiger partial charge in [-0.05, 0) is 37.3 Å². The number of ether oxygens (including phenoxy) is 3. The van der Waals surface area contributed by atoms with Gasteiger partial charge in [-0.1, -0.05) is 6.92 Å². The summed E-state index contributed by atoms with van der Waals surface area (Å²) in [4.78, 5) is 29.4. The van der Waals surface area contributed by atoms with Gasteiger partial charge in [0.1, 0.15) is 11.9 Å². The third-order valence-electron chi connectivity index (χ3n) is 6.64. The Hall–Kier alpha value is -3.71. The van der Waals surface area contributed by atoms with E-state index >= 15 is 0 Å². The molecule has 39 heavy (non-hydrogen) atoms. The number of sulfonamides is 1. The molecule has 2 aliphatic heterocycles. The zero-order valence-corrected chi connectivity index (χ0v) is 23.2. The number of nitrogens with one attached hydrogen (secondary N) is 2. The van der Waals surface area contributed by atoms with Gasteiger partial charge < -0.3 is 34.4 Å². The average molecular weight is 563 g/mol. The van der Waals surface area contributed by atoms with Crippen molar-refractivity contribution in [2.75, 3.05) is 49.8 Å². The third kappa shape index (κ3) is 7.03. The first-order valence-corrected chi connectivity index (χ1v) is 14.4. The normalized spacial score (nSPS) is 19.6. The van der Waals surface area contributed by atoms with Gasteiger partial charge >= 0.3 is 6.03 Å². The van der Waals surface area contributed by atoms with Crippen molar-refractivity contribution in [3.05, 3.63) is 42.0 Å². The molecule has 2 aromatic carbocycles. The Morgan fingerprint density at radius 3 is 2.56 bits per heavy atom. The monoisotopic (exact) mass is 562 g/mol. The molecule has 12 nitrogen and oxygen atoms in total. The standard InChI is InChI=1S/C26H34N4O8S/c1-16-12-30(17(2)14-31)25(32)10-18-9-20(28-39(4,34)35)6-7-21(18)38-24(16)13-29(3)26(33)27-19-5-8-22-23(11-19)37-15-36-22/h5-9,11,16-17,24,28,31H,10,12-15H2,1-4H3,(H,27,33)/t16-,17-,24+/m1/s1. The molecule has 0 bridgehead atoms. The molecule has 0 aromatic heterocycles. The molecule has 0 saturated carbocycles. The number of urea groups is 1. The molecule has 3 atom stereocenters. The van der Waals surface area contributed by atoms with E-state index in [9.17, 15) is 23.1 Å². The van der Waals surface area contributed by atoms with Crippen LogP contribution in [-0.2, 0) is 21.2 Å². The number of amides is 3. The summed E-state index contributed by atoms with van der Waals surface area (Å²) in [5.74, 6) is 1.14. The Labute approximate surface area is 227 Å². The molecule has 0 spiro atoms. The van der Waals surface area contributed by atoms with E-state index in [4.69, 9.17) is 14.2 Å². The average Bonchev–Trinajstić information content (AvgIpc) is 3.35. The molecule has 2 aromatic rings. The number of aliphatic hydroxyl groups is 1. The van der Waals surface area contributed by atoms with E-state index in [0.29, 0.717) is 40.7 Å². The minimum Gasteiger partial charge on any atom is -0.488 e. The van der Waals surface area contributed by atoms with Crippen LogP contribution in [0.1, 0.15) is 19.4 Å². The third-order valence-corrected chi connectivity index (χ3v) is 7.25. The molecule has 13 heteroatoms. The second kappa shape index (κ2) is 11.6. The summed E-state index contributed by atoms with van der Waals surface area (Å²) in [6.45, 7) is 4.08. The lowest BCUT2D eigenvalue weighted by molar-refractivity contribution is -0.134. The Morgan fingerprint density at radius 1 is 1.15 bits per heavy atom. The largest absolute Gasteiger partial charge is 0.488 e. The van der Waals surface area contributed by atoms with Gasteiger partial charge in [0.25, 0.3) is 0 Å². The first kappa shape index (κ1) is 28.3. The summed E-state index contributed by atoms with van der Waals surface area (Å²) >= 11 is 0. The van der Waals surface area contributed by atoms with Gasteiger partial charge in [-0.3, -0.25) is 9.52 Å². The number of hydrogen-bond donors (Lipinski definition) is 3. The van der Waals surface area contributed by atoms with Crippen LogP contribution in [0.3, 0.4) is 0 Å². The maximum absolute atomic E-state index is 13.3. The van der Waals surface area contributed by atoms with Crippen LogP contribution in [0.15, 0.2) is 36.4 Å². The summed E-state index contributed by atoms with van der Waals surface area (Å²) in [5.41, 5.74) is 1.35. The highest BCUT2D eigenvalue weighted by Crippen LogP contribution is 2.34. The molecule has 2 aliphatic rings. The van der Waals surface area contributed by atoms with Gasteiger partial charge in [-0.15, -0.1) is 0 Å². The number of carbonyl (C=O) groups excluding carboxylic acids is 2. The maximum Gasteiger partial charge on any atom is 0.321 e. The molecule has 0 aliphatic carbocycles. The summed E-state index contributed by atoms with van der Waals surface area (Å²) in [7, 11) is -1.89. The van der Waals surface area contributed by atoms with Gasteiger partial charge in [0.2, 0.25) is 22.7 Å². The molecular formula is C26H34N4O8S. The van der Waals surface area contributed by atoms with E-state index in [2.05, 4.69) is 10.0 Å². The summed E-state index contributed by atoms with van der Waals surface area (Å²) in [5, 5.41) is 12.6. The highest BCUT2D eigenvalue weighted by Gasteiger charge is 2.32. The van der Waals surface area contributed by atoms with Gasteiger partial charge in [0.15, 0.2) is 11.5 Å². The topological polar surface area (TPSA) is 147 Å². The van der Waals surface area contributed by atoms with Gasteiger partial charge in [-0.25, -0.2) is 13.2 Å². The number of benzene rings is 2. The van der Waals surface area contributed by atoms with Crippen LogP contribution in [0.25, 0.3) is 0 Å². The van der Waals surface area contributed by atoms with Crippen molar-refractivity contribution in [3.63, 3.8) is 0 Å². The Bertz CT molecular complexity index is 1340. The smallest absolute Gasteiger partial charge is 0.321 e. The van der Waals surface area contributed by atoms with E-state index in [1.54, 1.807) is 55.3 Å². The molecule has 4 rings (SSSR count). The van der Waals surface area contributed by atoms with Crippen LogP contribution in [0.2, 0.25) is 0 Å². The van der Waals surface area contributed by atoms with E-state index in [0.717, 1.165) is 6.26 Å². The van der Waals surface area contributed by atoms with Gasteiger partial charge in [0.05, 0.1) is 31.9 Å². The van der Waals surface area contributed by atoms with Crippen LogP contribution < -0.4 is 24.2 Å². The highest BCUT2D eigenvalue weighted by molar-refractivity contribution is 7.92. The number of carbonyl (C=O) groups is 2. The zero-order valence-electron chi connectivity index (χ0n) is 22.3. The van der Waals surface area contributed by atoms with Crippen molar-refractivity contribution in [2.24, 2.45) is 5.92 Å². The minimum atomic E-state index is -3.53. The van der Waals surface area contributed by atoms with E-state index in [1.165, 1.54) is 4.90 Å². The van der Waals surface area contributed by atoms with Crippen LogP contribution in [0.4, 0.5) is 16.2 Å². The number of hydrogen-bond acceptors (Lipinski definition) is 8. The molecule has 0 radical (unpaired) electrons. The Kier molecular flexibility index (Phi) is 8.40. The van der Waals surface area contributed by atoms with Gasteiger partial charge in [0, 0.05) is 42.5 Å². The molecule has 0 saturated heterocycles. The van der Waals surface area contributed by atoms with Crippen LogP contribution in [0, 0.1) is 5.92 Å². The van der Waals surface area contributed by atoms with Crippen molar-refractivity contribution < 1.29 is 37.3 Å². The Balaban J connectivity index is 1.57. The molecule has 212 valence electrons. The lowest BCUT2D eigenvalue weighted by Crippen LogP contribution is -2.48. The van der Waals surface area contributed by atoms with Crippen molar-refractivity contribution in [1.29, 1.82) is 0 Å². The molecule has 0 fully saturated rings. The quantitative estimate of drug-likeness (QED) is 0.465.